The molecule has 4 heteroatoms. The van der Waals surface area contributed by atoms with Gasteiger partial charge in [-0.05, 0) is 43.5 Å². The fourth-order valence-corrected chi connectivity index (χ4v) is 2.61. The second-order valence-electron chi connectivity index (χ2n) is 4.59. The maximum absolute atomic E-state index is 6.24. The van der Waals surface area contributed by atoms with E-state index >= 15 is 0 Å². The topological polar surface area (TPSA) is 35.2 Å². The molecule has 2 atom stereocenters. The quantitative estimate of drug-likeness (QED) is 0.824. The molecule has 0 saturated heterocycles. The summed E-state index contributed by atoms with van der Waals surface area (Å²) in [5.74, 6) is 0.796. The van der Waals surface area contributed by atoms with Crippen molar-refractivity contribution < 1.29 is 4.74 Å². The molecule has 106 valence electrons. The highest BCUT2D eigenvalue weighted by Crippen LogP contribution is 2.30. The van der Waals surface area contributed by atoms with E-state index in [4.69, 9.17) is 22.1 Å². The Bertz CT molecular complexity index is 557. The van der Waals surface area contributed by atoms with Crippen LogP contribution in [-0.4, -0.2) is 12.3 Å². The second-order valence-corrected chi connectivity index (χ2v) is 5.88. The van der Waals surface area contributed by atoms with Gasteiger partial charge in [0.2, 0.25) is 0 Å². The van der Waals surface area contributed by atoms with Crippen LogP contribution < -0.4 is 10.5 Å². The summed E-state index contributed by atoms with van der Waals surface area (Å²) in [4.78, 5) is 1.20. The van der Waals surface area contributed by atoms with Crippen molar-refractivity contribution in [3.8, 4) is 5.75 Å². The van der Waals surface area contributed by atoms with E-state index in [9.17, 15) is 0 Å². The molecule has 2 rings (SSSR count). The summed E-state index contributed by atoms with van der Waals surface area (Å²) in [6.45, 7) is 1.92. The summed E-state index contributed by atoms with van der Waals surface area (Å²) in [6, 6.07) is 15.5. The Balaban J connectivity index is 2.23. The van der Waals surface area contributed by atoms with E-state index in [1.807, 2.05) is 61.7 Å². The zero-order valence-electron chi connectivity index (χ0n) is 11.5. The Morgan fingerprint density at radius 1 is 1.10 bits per heavy atom. The molecule has 2 unspecified atom stereocenters. The van der Waals surface area contributed by atoms with Crippen LogP contribution in [0.15, 0.2) is 53.4 Å². The third kappa shape index (κ3) is 3.69. The molecule has 2 N–H and O–H groups in total. The number of nitrogens with two attached hydrogens (primary N) is 1. The maximum Gasteiger partial charge on any atom is 0.140 e. The number of halogens is 1. The number of hydrogen-bond donors (Lipinski definition) is 1. The Morgan fingerprint density at radius 3 is 2.30 bits per heavy atom. The van der Waals surface area contributed by atoms with Crippen LogP contribution in [0.3, 0.4) is 0 Å². The molecule has 2 aromatic carbocycles. The lowest BCUT2D eigenvalue weighted by Crippen LogP contribution is -2.29. The fraction of sp³-hybridized carbons (Fsp3) is 0.250. The fourth-order valence-electron chi connectivity index (χ4n) is 1.96. The smallest absolute Gasteiger partial charge is 0.140 e. The molecule has 0 saturated carbocycles. The molecule has 0 aliphatic carbocycles. The third-order valence-electron chi connectivity index (χ3n) is 3.01. The molecule has 0 aliphatic rings. The van der Waals surface area contributed by atoms with Crippen LogP contribution in [0.4, 0.5) is 0 Å². The number of hydrogen-bond acceptors (Lipinski definition) is 3. The first-order valence-corrected chi connectivity index (χ1v) is 8.03. The van der Waals surface area contributed by atoms with Crippen molar-refractivity contribution in [1.82, 2.24) is 0 Å². The van der Waals surface area contributed by atoms with E-state index in [0.29, 0.717) is 5.02 Å². The van der Waals surface area contributed by atoms with Gasteiger partial charge in [0.1, 0.15) is 11.9 Å². The molecule has 0 fully saturated rings. The Hall–Kier alpha value is -1.16. The van der Waals surface area contributed by atoms with Gasteiger partial charge in [0.25, 0.3) is 0 Å². The number of ether oxygens (including phenoxy) is 1. The van der Waals surface area contributed by atoms with Gasteiger partial charge in [-0.1, -0.05) is 29.8 Å². The van der Waals surface area contributed by atoms with E-state index < -0.39 is 0 Å². The average Bonchev–Trinajstić information content (AvgIpc) is 2.46. The molecule has 2 aromatic rings. The predicted molar refractivity (Wildman–Crippen MR) is 86.7 cm³/mol. The monoisotopic (exact) mass is 307 g/mol. The van der Waals surface area contributed by atoms with E-state index in [1.165, 1.54) is 4.90 Å². The largest absolute Gasteiger partial charge is 0.484 e. The van der Waals surface area contributed by atoms with Gasteiger partial charge in [-0.2, -0.15) is 0 Å². The summed E-state index contributed by atoms with van der Waals surface area (Å²) >= 11 is 7.94. The van der Waals surface area contributed by atoms with Crippen molar-refractivity contribution in [3.05, 3.63) is 59.1 Å². The summed E-state index contributed by atoms with van der Waals surface area (Å²) in [5, 5.41) is 0.676. The average molecular weight is 308 g/mol. The van der Waals surface area contributed by atoms with Crippen LogP contribution in [0.5, 0.6) is 5.75 Å². The van der Waals surface area contributed by atoms with Crippen molar-refractivity contribution in [2.75, 3.05) is 6.26 Å². The van der Waals surface area contributed by atoms with Gasteiger partial charge in [0, 0.05) is 21.5 Å². The first-order chi connectivity index (χ1) is 9.61. The molecule has 20 heavy (non-hydrogen) atoms. The highest BCUT2D eigenvalue weighted by Gasteiger charge is 2.20. The van der Waals surface area contributed by atoms with Crippen molar-refractivity contribution in [3.63, 3.8) is 0 Å². The SMILES string of the molecule is CSc1ccc(OC(c2ccccc2Cl)C(C)N)cc1. The second kappa shape index (κ2) is 7.02. The van der Waals surface area contributed by atoms with Crippen LogP contribution in [0.25, 0.3) is 0 Å². The zero-order chi connectivity index (χ0) is 14.5. The Labute approximate surface area is 129 Å². The van der Waals surface area contributed by atoms with Gasteiger partial charge in [-0.3, -0.25) is 0 Å². The number of benzene rings is 2. The molecule has 0 spiro atoms. The lowest BCUT2D eigenvalue weighted by molar-refractivity contribution is 0.180. The van der Waals surface area contributed by atoms with Crippen molar-refractivity contribution >= 4 is 23.4 Å². The molecule has 0 heterocycles. The number of rotatable bonds is 5. The molecule has 0 radical (unpaired) electrons. The van der Waals surface area contributed by atoms with Crippen LogP contribution in [-0.2, 0) is 0 Å². The van der Waals surface area contributed by atoms with Gasteiger partial charge < -0.3 is 10.5 Å². The predicted octanol–water partition coefficient (Wildman–Crippen LogP) is 4.53. The third-order valence-corrected chi connectivity index (χ3v) is 4.10. The molecular formula is C16H18ClNOS. The summed E-state index contributed by atoms with van der Waals surface area (Å²) in [5.41, 5.74) is 6.97. The molecule has 0 aliphatic heterocycles. The van der Waals surface area contributed by atoms with Crippen LogP contribution >= 0.6 is 23.4 Å². The lowest BCUT2D eigenvalue weighted by Gasteiger charge is -2.24. The maximum atomic E-state index is 6.24. The van der Waals surface area contributed by atoms with Crippen LogP contribution in [0, 0.1) is 0 Å². The van der Waals surface area contributed by atoms with E-state index in [1.54, 1.807) is 11.8 Å². The van der Waals surface area contributed by atoms with Crippen molar-refractivity contribution in [2.45, 2.75) is 24.0 Å². The summed E-state index contributed by atoms with van der Waals surface area (Å²) in [6.07, 6.45) is 1.79. The molecule has 2 nitrogen and oxygen atoms in total. The molecule has 0 bridgehead atoms. The van der Waals surface area contributed by atoms with Gasteiger partial charge in [0.05, 0.1) is 0 Å². The van der Waals surface area contributed by atoms with E-state index in [0.717, 1.165) is 11.3 Å². The van der Waals surface area contributed by atoms with E-state index in [-0.39, 0.29) is 12.1 Å². The lowest BCUT2D eigenvalue weighted by atomic mass is 10.0. The van der Waals surface area contributed by atoms with Crippen molar-refractivity contribution in [2.24, 2.45) is 5.73 Å². The molecule has 0 amide bonds. The minimum absolute atomic E-state index is 0.157. The standard InChI is InChI=1S/C16H18ClNOS/c1-11(18)16(14-5-3-4-6-15(14)17)19-12-7-9-13(20-2)10-8-12/h3-11,16H,18H2,1-2H3. The summed E-state index contributed by atoms with van der Waals surface area (Å²) in [7, 11) is 0. The van der Waals surface area contributed by atoms with Crippen LogP contribution in [0.1, 0.15) is 18.6 Å². The van der Waals surface area contributed by atoms with Gasteiger partial charge in [-0.25, -0.2) is 0 Å². The minimum atomic E-state index is -0.260. The number of thioether (sulfide) groups is 1. The molecular weight excluding hydrogens is 290 g/mol. The highest BCUT2D eigenvalue weighted by atomic mass is 35.5. The van der Waals surface area contributed by atoms with E-state index in [2.05, 4.69) is 0 Å². The Kier molecular flexibility index (Phi) is 5.35. The normalized spacial score (nSPS) is 13.8. The zero-order valence-corrected chi connectivity index (χ0v) is 13.1. The first-order valence-electron chi connectivity index (χ1n) is 6.42. The highest BCUT2D eigenvalue weighted by molar-refractivity contribution is 7.98. The Morgan fingerprint density at radius 2 is 1.75 bits per heavy atom. The first kappa shape index (κ1) is 15.2. The van der Waals surface area contributed by atoms with Crippen molar-refractivity contribution in [1.29, 1.82) is 0 Å². The van der Waals surface area contributed by atoms with Gasteiger partial charge >= 0.3 is 0 Å². The summed E-state index contributed by atoms with van der Waals surface area (Å²) < 4.78 is 6.02. The van der Waals surface area contributed by atoms with Crippen LogP contribution in [0.2, 0.25) is 5.02 Å². The minimum Gasteiger partial charge on any atom is -0.484 e. The molecule has 0 aromatic heterocycles. The van der Waals surface area contributed by atoms with Gasteiger partial charge in [-0.15, -0.1) is 11.8 Å². The van der Waals surface area contributed by atoms with Gasteiger partial charge in [0.15, 0.2) is 0 Å².